The third kappa shape index (κ3) is 10.8. The molecule has 1 rings (SSSR count). The van der Waals surface area contributed by atoms with E-state index in [0.717, 1.165) is 12.8 Å². The third-order valence-corrected chi connectivity index (χ3v) is 4.38. The maximum atomic E-state index is 12.3. The van der Waals surface area contributed by atoms with Crippen molar-refractivity contribution in [2.45, 2.75) is 72.1 Å². The Morgan fingerprint density at radius 1 is 0.939 bits per heavy atom. The van der Waals surface area contributed by atoms with Crippen LogP contribution in [0.2, 0.25) is 0 Å². The first kappa shape index (κ1) is 27.9. The molecule has 1 aromatic rings. The Morgan fingerprint density at radius 2 is 1.55 bits per heavy atom. The normalized spacial score (nSPS) is 13.3. The Bertz CT molecular complexity index is 824. The fourth-order valence-electron chi connectivity index (χ4n) is 2.94. The van der Waals surface area contributed by atoms with Crippen molar-refractivity contribution in [1.82, 2.24) is 5.32 Å². The van der Waals surface area contributed by atoms with Gasteiger partial charge in [-0.25, -0.2) is 4.79 Å². The van der Waals surface area contributed by atoms with E-state index in [9.17, 15) is 19.2 Å². The van der Waals surface area contributed by atoms with Gasteiger partial charge in [0.1, 0.15) is 18.2 Å². The number of ether oxygens (including phenoxy) is 5. The first-order valence-electron chi connectivity index (χ1n) is 10.7. The van der Waals surface area contributed by atoms with Gasteiger partial charge in [-0.3, -0.25) is 14.4 Å². The van der Waals surface area contributed by atoms with Crippen molar-refractivity contribution in [3.05, 3.63) is 23.8 Å². The third-order valence-electron chi connectivity index (χ3n) is 4.38. The van der Waals surface area contributed by atoms with E-state index in [1.54, 1.807) is 19.9 Å². The van der Waals surface area contributed by atoms with E-state index in [0.29, 0.717) is 5.56 Å². The molecule has 0 aliphatic carbocycles. The lowest BCUT2D eigenvalue weighted by atomic mass is 10.0. The molecule has 0 fully saturated rings. The summed E-state index contributed by atoms with van der Waals surface area (Å²) in [6, 6.07) is 3.84. The van der Waals surface area contributed by atoms with Crippen LogP contribution in [-0.4, -0.2) is 56.0 Å². The molecule has 0 aliphatic heterocycles. The quantitative estimate of drug-likeness (QED) is 0.362. The van der Waals surface area contributed by atoms with Gasteiger partial charge in [-0.15, -0.1) is 0 Å². The van der Waals surface area contributed by atoms with Crippen LogP contribution in [0, 0.1) is 0 Å². The molecule has 184 valence electrons. The van der Waals surface area contributed by atoms with Crippen LogP contribution in [0.4, 0.5) is 4.79 Å². The predicted molar refractivity (Wildman–Crippen MR) is 118 cm³/mol. The van der Waals surface area contributed by atoms with Crippen LogP contribution in [0.3, 0.4) is 0 Å². The van der Waals surface area contributed by atoms with Gasteiger partial charge in [0.15, 0.2) is 11.5 Å². The fourth-order valence-corrected chi connectivity index (χ4v) is 2.94. The van der Waals surface area contributed by atoms with Crippen molar-refractivity contribution in [3.8, 4) is 11.5 Å². The molecule has 1 N–H and O–H groups in total. The van der Waals surface area contributed by atoms with Gasteiger partial charge in [-0.2, -0.15) is 0 Å². The van der Waals surface area contributed by atoms with Gasteiger partial charge in [0.25, 0.3) is 0 Å². The molecule has 0 aromatic heterocycles. The van der Waals surface area contributed by atoms with Crippen LogP contribution in [-0.2, 0) is 35.0 Å². The molecule has 0 amide bonds. The first-order chi connectivity index (χ1) is 15.5. The van der Waals surface area contributed by atoms with Crippen molar-refractivity contribution < 1.29 is 42.9 Å². The zero-order chi connectivity index (χ0) is 25.0. The number of carbonyl (C=O) groups is 4. The Labute approximate surface area is 193 Å². The van der Waals surface area contributed by atoms with Crippen LogP contribution in [0.15, 0.2) is 18.2 Å². The molecule has 0 spiro atoms. The van der Waals surface area contributed by atoms with Crippen LogP contribution in [0.25, 0.3) is 0 Å². The minimum Gasteiger partial charge on any atom is -0.468 e. The van der Waals surface area contributed by atoms with E-state index in [1.165, 1.54) is 33.1 Å². The van der Waals surface area contributed by atoms with E-state index in [4.69, 9.17) is 23.7 Å². The molecular formula is C23H33NO9. The van der Waals surface area contributed by atoms with Crippen molar-refractivity contribution in [1.29, 1.82) is 0 Å². The zero-order valence-corrected chi connectivity index (χ0v) is 20.0. The number of hydrogen-bond donors (Lipinski definition) is 1. The first-order valence-corrected chi connectivity index (χ1v) is 10.7. The summed E-state index contributed by atoms with van der Waals surface area (Å²) in [5.74, 6) is -1.54. The summed E-state index contributed by atoms with van der Waals surface area (Å²) in [5, 5.41) is 3.01. The Balaban J connectivity index is 2.83. The summed E-state index contributed by atoms with van der Waals surface area (Å²) in [7, 11) is 1.26. The van der Waals surface area contributed by atoms with E-state index in [1.807, 2.05) is 6.92 Å². The molecule has 0 heterocycles. The highest BCUT2D eigenvalue weighted by Crippen LogP contribution is 2.29. The van der Waals surface area contributed by atoms with Crippen LogP contribution in [0.1, 0.15) is 53.0 Å². The SMILES string of the molecule is CCCC(C)OC(=O)OC(C)CN[C@@H](Cc1ccc(OC(C)=O)c(OC(C)=O)c1)C(=O)OC. The highest BCUT2D eigenvalue weighted by atomic mass is 16.7. The second-order valence-electron chi connectivity index (χ2n) is 7.55. The van der Waals surface area contributed by atoms with Crippen LogP contribution in [0.5, 0.6) is 11.5 Å². The molecule has 3 atom stereocenters. The molecule has 0 saturated heterocycles. The number of rotatable bonds is 12. The Morgan fingerprint density at radius 3 is 2.12 bits per heavy atom. The summed E-state index contributed by atoms with van der Waals surface area (Å²) < 4.78 is 25.4. The maximum absolute atomic E-state index is 12.3. The molecule has 0 saturated carbocycles. The highest BCUT2D eigenvalue weighted by Gasteiger charge is 2.23. The Kier molecular flexibility index (Phi) is 11.9. The van der Waals surface area contributed by atoms with Gasteiger partial charge in [0, 0.05) is 20.4 Å². The molecule has 0 radical (unpaired) electrons. The van der Waals surface area contributed by atoms with E-state index in [2.05, 4.69) is 5.32 Å². The van der Waals surface area contributed by atoms with Crippen molar-refractivity contribution in [2.75, 3.05) is 13.7 Å². The molecule has 10 nitrogen and oxygen atoms in total. The van der Waals surface area contributed by atoms with E-state index < -0.39 is 36.2 Å². The molecule has 1 aromatic carbocycles. The lowest BCUT2D eigenvalue weighted by molar-refractivity contribution is -0.143. The summed E-state index contributed by atoms with van der Waals surface area (Å²) in [5.41, 5.74) is 0.617. The van der Waals surface area contributed by atoms with Gasteiger partial charge in [-0.1, -0.05) is 19.4 Å². The lowest BCUT2D eigenvalue weighted by Crippen LogP contribution is -2.43. The van der Waals surface area contributed by atoms with Gasteiger partial charge in [0.2, 0.25) is 0 Å². The molecule has 33 heavy (non-hydrogen) atoms. The number of benzene rings is 1. The summed E-state index contributed by atoms with van der Waals surface area (Å²) in [6.45, 7) is 8.06. The number of nitrogens with one attached hydrogen (secondary N) is 1. The van der Waals surface area contributed by atoms with E-state index >= 15 is 0 Å². The second kappa shape index (κ2) is 14.1. The molecule has 10 heteroatoms. The van der Waals surface area contributed by atoms with Gasteiger partial charge in [0.05, 0.1) is 7.11 Å². The topological polar surface area (TPSA) is 126 Å². The summed E-state index contributed by atoms with van der Waals surface area (Å²) in [6.07, 6.45) is 0.206. The minimum absolute atomic E-state index is 0.0551. The summed E-state index contributed by atoms with van der Waals surface area (Å²) >= 11 is 0. The van der Waals surface area contributed by atoms with Crippen molar-refractivity contribution >= 4 is 24.1 Å². The monoisotopic (exact) mass is 467 g/mol. The Hall–Kier alpha value is -3.14. The number of esters is 3. The minimum atomic E-state index is -0.777. The number of methoxy groups -OCH3 is 1. The number of carbonyl (C=O) groups excluding carboxylic acids is 4. The van der Waals surface area contributed by atoms with Gasteiger partial charge < -0.3 is 29.0 Å². The second-order valence-corrected chi connectivity index (χ2v) is 7.55. The highest BCUT2D eigenvalue weighted by molar-refractivity contribution is 5.76. The molecular weight excluding hydrogens is 434 g/mol. The smallest absolute Gasteiger partial charge is 0.468 e. The maximum Gasteiger partial charge on any atom is 0.508 e. The fraction of sp³-hybridized carbons (Fsp3) is 0.565. The standard InChI is InChI=1S/C23H33NO9/c1-7-8-14(2)30-23(28)31-15(3)13-24-19(22(27)29-6)11-18-9-10-20(32-16(4)25)21(12-18)33-17(5)26/h9-10,12,14-15,19,24H,7-8,11,13H2,1-6H3/t14?,15?,19-/m0/s1. The van der Waals surface area contributed by atoms with Crippen LogP contribution < -0.4 is 14.8 Å². The summed E-state index contributed by atoms with van der Waals surface area (Å²) in [4.78, 5) is 46.8. The van der Waals surface area contributed by atoms with Crippen molar-refractivity contribution in [3.63, 3.8) is 0 Å². The lowest BCUT2D eigenvalue weighted by Gasteiger charge is -2.21. The molecule has 0 aliphatic rings. The number of hydrogen-bond acceptors (Lipinski definition) is 10. The van der Waals surface area contributed by atoms with Gasteiger partial charge >= 0.3 is 24.1 Å². The average Bonchev–Trinajstić information content (AvgIpc) is 2.71. The van der Waals surface area contributed by atoms with E-state index in [-0.39, 0.29) is 30.6 Å². The largest absolute Gasteiger partial charge is 0.508 e. The average molecular weight is 468 g/mol. The van der Waals surface area contributed by atoms with Crippen molar-refractivity contribution in [2.24, 2.45) is 0 Å². The van der Waals surface area contributed by atoms with Crippen LogP contribution >= 0.6 is 0 Å². The predicted octanol–water partition coefficient (Wildman–Crippen LogP) is 2.94. The molecule has 2 unspecified atom stereocenters. The van der Waals surface area contributed by atoms with Gasteiger partial charge in [-0.05, 0) is 44.4 Å². The zero-order valence-electron chi connectivity index (χ0n) is 20.0. The molecule has 0 bridgehead atoms.